The molecule has 1 aliphatic rings. The number of aliphatic hydroxyl groups is 1. The molecule has 0 saturated heterocycles. The van der Waals surface area contributed by atoms with E-state index in [0.717, 1.165) is 31.9 Å². The fourth-order valence-corrected chi connectivity index (χ4v) is 2.87. The van der Waals surface area contributed by atoms with Crippen molar-refractivity contribution in [2.75, 3.05) is 19.8 Å². The molecule has 1 aromatic heterocycles. The fraction of sp³-hybridized carbons (Fsp3) is 0.786. The SMILES string of the molecule is O=[N+]([O-])c1cn(C2CCC(COCCCO)CC2)nc1C(F)F. The normalized spacial score (nSPS) is 21.7. The summed E-state index contributed by atoms with van der Waals surface area (Å²) in [6.45, 7) is 1.26. The van der Waals surface area contributed by atoms with Crippen molar-refractivity contribution in [3.8, 4) is 0 Å². The predicted molar refractivity (Wildman–Crippen MR) is 77.4 cm³/mol. The fourth-order valence-electron chi connectivity index (χ4n) is 2.87. The molecule has 0 amide bonds. The zero-order valence-electron chi connectivity index (χ0n) is 12.7. The first-order valence-corrected chi connectivity index (χ1v) is 7.73. The second kappa shape index (κ2) is 8.30. The van der Waals surface area contributed by atoms with Gasteiger partial charge in [0.05, 0.1) is 11.0 Å². The van der Waals surface area contributed by atoms with Crippen LogP contribution in [0.4, 0.5) is 14.5 Å². The van der Waals surface area contributed by atoms with Crippen molar-refractivity contribution >= 4 is 5.69 Å². The van der Waals surface area contributed by atoms with Gasteiger partial charge in [-0.2, -0.15) is 5.10 Å². The molecule has 0 atom stereocenters. The van der Waals surface area contributed by atoms with Crippen LogP contribution in [-0.4, -0.2) is 39.6 Å². The zero-order chi connectivity index (χ0) is 16.8. The van der Waals surface area contributed by atoms with E-state index >= 15 is 0 Å². The number of alkyl halides is 2. The Morgan fingerprint density at radius 2 is 2.13 bits per heavy atom. The van der Waals surface area contributed by atoms with Crippen LogP contribution in [0.1, 0.15) is 50.3 Å². The van der Waals surface area contributed by atoms with Gasteiger partial charge in [-0.1, -0.05) is 0 Å². The molecule has 1 saturated carbocycles. The molecule has 1 aromatic rings. The minimum Gasteiger partial charge on any atom is -0.396 e. The molecule has 1 N–H and O–H groups in total. The molecule has 0 spiro atoms. The molecule has 0 radical (unpaired) electrons. The van der Waals surface area contributed by atoms with E-state index in [4.69, 9.17) is 9.84 Å². The van der Waals surface area contributed by atoms with Crippen LogP contribution in [0.2, 0.25) is 0 Å². The summed E-state index contributed by atoms with van der Waals surface area (Å²) in [5.74, 6) is 0.394. The molecule has 1 heterocycles. The van der Waals surface area contributed by atoms with Crippen LogP contribution in [0.3, 0.4) is 0 Å². The van der Waals surface area contributed by atoms with Gasteiger partial charge in [0.1, 0.15) is 6.20 Å². The molecule has 0 aromatic carbocycles. The third-order valence-electron chi connectivity index (χ3n) is 4.13. The monoisotopic (exact) mass is 333 g/mol. The summed E-state index contributed by atoms with van der Waals surface area (Å²) in [7, 11) is 0. The van der Waals surface area contributed by atoms with Gasteiger partial charge >= 0.3 is 5.69 Å². The maximum atomic E-state index is 12.8. The maximum absolute atomic E-state index is 12.8. The number of ether oxygens (including phenoxy) is 1. The Hall–Kier alpha value is -1.61. The number of halogens is 2. The second-order valence-corrected chi connectivity index (χ2v) is 5.76. The average Bonchev–Trinajstić information content (AvgIpc) is 2.98. The van der Waals surface area contributed by atoms with Crippen molar-refractivity contribution < 1.29 is 23.5 Å². The Labute approximate surface area is 132 Å². The van der Waals surface area contributed by atoms with Crippen molar-refractivity contribution in [2.24, 2.45) is 5.92 Å². The Balaban J connectivity index is 1.90. The van der Waals surface area contributed by atoms with Gasteiger partial charge in [-0.15, -0.1) is 0 Å². The lowest BCUT2D eigenvalue weighted by atomic mass is 9.86. The van der Waals surface area contributed by atoms with Gasteiger partial charge in [0.25, 0.3) is 6.43 Å². The van der Waals surface area contributed by atoms with Crippen molar-refractivity contribution in [2.45, 2.75) is 44.6 Å². The van der Waals surface area contributed by atoms with Crippen molar-refractivity contribution in [3.05, 3.63) is 22.0 Å². The number of aliphatic hydroxyl groups excluding tert-OH is 1. The smallest absolute Gasteiger partial charge is 0.316 e. The number of nitrogens with zero attached hydrogens (tertiary/aromatic N) is 3. The lowest BCUT2D eigenvalue weighted by Gasteiger charge is -2.28. The lowest BCUT2D eigenvalue weighted by Crippen LogP contribution is -2.22. The van der Waals surface area contributed by atoms with Gasteiger partial charge in [-0.05, 0) is 38.0 Å². The van der Waals surface area contributed by atoms with Gasteiger partial charge in [0, 0.05) is 19.8 Å². The first kappa shape index (κ1) is 17.7. The predicted octanol–water partition coefficient (Wildman–Crippen LogP) is 2.86. The average molecular weight is 333 g/mol. The third-order valence-corrected chi connectivity index (χ3v) is 4.13. The summed E-state index contributed by atoms with van der Waals surface area (Å²) < 4.78 is 32.4. The number of rotatable bonds is 8. The van der Waals surface area contributed by atoms with Crippen molar-refractivity contribution in [1.82, 2.24) is 9.78 Å². The summed E-state index contributed by atoms with van der Waals surface area (Å²) in [6.07, 6.45) is 1.97. The third kappa shape index (κ3) is 4.68. The van der Waals surface area contributed by atoms with Crippen molar-refractivity contribution in [1.29, 1.82) is 0 Å². The maximum Gasteiger partial charge on any atom is 0.316 e. The molecule has 130 valence electrons. The molecule has 9 heteroatoms. The van der Waals surface area contributed by atoms with Crippen LogP contribution >= 0.6 is 0 Å². The highest BCUT2D eigenvalue weighted by atomic mass is 19.3. The largest absolute Gasteiger partial charge is 0.396 e. The zero-order valence-corrected chi connectivity index (χ0v) is 12.7. The van der Waals surface area contributed by atoms with E-state index in [1.165, 1.54) is 4.68 Å². The van der Waals surface area contributed by atoms with Gasteiger partial charge in [-0.3, -0.25) is 14.8 Å². The molecular formula is C14H21F2N3O4. The van der Waals surface area contributed by atoms with Crippen LogP contribution in [0.25, 0.3) is 0 Å². The highest BCUT2D eigenvalue weighted by molar-refractivity contribution is 5.33. The van der Waals surface area contributed by atoms with Gasteiger partial charge in [-0.25, -0.2) is 8.78 Å². The lowest BCUT2D eigenvalue weighted by molar-refractivity contribution is -0.386. The topological polar surface area (TPSA) is 90.4 Å². The van der Waals surface area contributed by atoms with E-state index in [2.05, 4.69) is 5.10 Å². The molecule has 23 heavy (non-hydrogen) atoms. The number of hydrogen-bond acceptors (Lipinski definition) is 5. The standard InChI is InChI=1S/C14H21F2N3O4/c15-14(16)13-12(19(21)22)8-18(17-13)11-4-2-10(3-5-11)9-23-7-1-6-20/h8,10-11,14,20H,1-7,9H2. The first-order chi connectivity index (χ1) is 11.0. The molecule has 1 fully saturated rings. The quantitative estimate of drug-likeness (QED) is 0.449. The molecular weight excluding hydrogens is 312 g/mol. The van der Waals surface area contributed by atoms with E-state index in [0.29, 0.717) is 25.6 Å². The van der Waals surface area contributed by atoms with Crippen LogP contribution < -0.4 is 0 Å². The summed E-state index contributed by atoms with van der Waals surface area (Å²) in [5.41, 5.74) is -1.38. The molecule has 0 bridgehead atoms. The van der Waals surface area contributed by atoms with Crippen LogP contribution in [0, 0.1) is 16.0 Å². The van der Waals surface area contributed by atoms with E-state index in [1.54, 1.807) is 0 Å². The van der Waals surface area contributed by atoms with Gasteiger partial charge in [0.15, 0.2) is 0 Å². The Bertz CT molecular complexity index is 516. The number of hydrogen-bond donors (Lipinski definition) is 1. The first-order valence-electron chi connectivity index (χ1n) is 7.73. The molecule has 0 unspecified atom stereocenters. The summed E-state index contributed by atoms with van der Waals surface area (Å²) in [5, 5.41) is 23.2. The summed E-state index contributed by atoms with van der Waals surface area (Å²) in [6, 6.07) is -0.0881. The Morgan fingerprint density at radius 1 is 1.43 bits per heavy atom. The number of nitro groups is 1. The van der Waals surface area contributed by atoms with Crippen LogP contribution in [-0.2, 0) is 4.74 Å². The second-order valence-electron chi connectivity index (χ2n) is 5.76. The summed E-state index contributed by atoms with van der Waals surface area (Å²) in [4.78, 5) is 10.0. The highest BCUT2D eigenvalue weighted by Gasteiger charge is 2.30. The molecule has 7 nitrogen and oxygen atoms in total. The van der Waals surface area contributed by atoms with Crippen LogP contribution in [0.5, 0.6) is 0 Å². The Morgan fingerprint density at radius 3 is 2.65 bits per heavy atom. The van der Waals surface area contributed by atoms with Gasteiger partial charge < -0.3 is 9.84 Å². The summed E-state index contributed by atoms with van der Waals surface area (Å²) >= 11 is 0. The van der Waals surface area contributed by atoms with Crippen LogP contribution in [0.15, 0.2) is 6.20 Å². The Kier molecular flexibility index (Phi) is 6.40. The van der Waals surface area contributed by atoms with E-state index in [9.17, 15) is 18.9 Å². The van der Waals surface area contributed by atoms with E-state index < -0.39 is 22.7 Å². The van der Waals surface area contributed by atoms with Crippen molar-refractivity contribution in [3.63, 3.8) is 0 Å². The minimum atomic E-state index is -2.95. The van der Waals surface area contributed by atoms with E-state index in [-0.39, 0.29) is 12.6 Å². The van der Waals surface area contributed by atoms with E-state index in [1.807, 2.05) is 0 Å². The molecule has 1 aliphatic carbocycles. The number of aromatic nitrogens is 2. The highest BCUT2D eigenvalue weighted by Crippen LogP contribution is 2.35. The minimum absolute atomic E-state index is 0.0881. The molecule has 2 rings (SSSR count). The molecule has 0 aliphatic heterocycles. The van der Waals surface area contributed by atoms with Gasteiger partial charge in [0.2, 0.25) is 5.69 Å².